The Balaban J connectivity index is 1.67. The number of carboxylic acid groups (broad SMARTS) is 1. The molecule has 5 nitrogen and oxygen atoms in total. The van der Waals surface area contributed by atoms with Gasteiger partial charge in [-0.2, -0.15) is 0 Å². The number of nitrogens with zero attached hydrogens (tertiary/aromatic N) is 3. The Hall–Kier alpha value is -2.40. The lowest BCUT2D eigenvalue weighted by atomic mass is 10.0. The van der Waals surface area contributed by atoms with E-state index in [9.17, 15) is 4.79 Å². The van der Waals surface area contributed by atoms with E-state index in [1.807, 2.05) is 19.2 Å². The molecular weight excluding hydrogens is 302 g/mol. The van der Waals surface area contributed by atoms with Crippen LogP contribution in [0, 0.1) is 0 Å². The Morgan fingerprint density at radius 1 is 1.33 bits per heavy atom. The fourth-order valence-corrected chi connectivity index (χ4v) is 3.30. The first kappa shape index (κ1) is 16.5. The zero-order chi connectivity index (χ0) is 16.9. The predicted molar refractivity (Wildman–Crippen MR) is 94.3 cm³/mol. The number of likely N-dealkylation sites (N-methyl/N-ethyl adjacent to an activating group) is 1. The molecular formula is C19H23N3O2. The first-order valence-corrected chi connectivity index (χ1v) is 8.32. The fourth-order valence-electron chi connectivity index (χ4n) is 3.30. The standard InChI is InChI=1S/C19H23N3O2/c1-21(16-9-10-20-18(12-16)19(23)24)17-8-5-11-22(14-17)13-15-6-3-2-4-7-15/h2-4,6-7,9-10,12,17H,5,8,11,13-14H2,1H3,(H,23,24). The molecule has 1 aromatic carbocycles. The molecule has 24 heavy (non-hydrogen) atoms. The van der Waals surface area contributed by atoms with Crippen molar-refractivity contribution in [1.29, 1.82) is 0 Å². The number of likely N-dealkylation sites (tertiary alicyclic amines) is 1. The zero-order valence-corrected chi connectivity index (χ0v) is 13.9. The van der Waals surface area contributed by atoms with Crippen molar-refractivity contribution in [3.05, 3.63) is 59.9 Å². The normalized spacial score (nSPS) is 18.3. The van der Waals surface area contributed by atoms with Gasteiger partial charge in [0.25, 0.3) is 0 Å². The Labute approximate surface area is 142 Å². The van der Waals surface area contributed by atoms with Crippen LogP contribution in [0.3, 0.4) is 0 Å². The highest BCUT2D eigenvalue weighted by Crippen LogP contribution is 2.22. The number of aromatic nitrogens is 1. The number of aromatic carboxylic acids is 1. The molecule has 1 saturated heterocycles. The molecule has 1 aliphatic rings. The number of carbonyl (C=O) groups is 1. The van der Waals surface area contributed by atoms with Crippen molar-refractivity contribution < 1.29 is 9.90 Å². The van der Waals surface area contributed by atoms with Crippen molar-refractivity contribution in [2.45, 2.75) is 25.4 Å². The van der Waals surface area contributed by atoms with Crippen LogP contribution < -0.4 is 4.90 Å². The second kappa shape index (κ2) is 7.45. The maximum atomic E-state index is 11.1. The number of benzene rings is 1. The van der Waals surface area contributed by atoms with Crippen LogP contribution in [0.25, 0.3) is 0 Å². The number of rotatable bonds is 5. The molecule has 1 atom stereocenters. The highest BCUT2D eigenvalue weighted by atomic mass is 16.4. The molecule has 126 valence electrons. The van der Waals surface area contributed by atoms with Gasteiger partial charge in [0.1, 0.15) is 5.69 Å². The van der Waals surface area contributed by atoms with E-state index in [4.69, 9.17) is 5.11 Å². The summed E-state index contributed by atoms with van der Waals surface area (Å²) in [6.07, 6.45) is 3.84. The van der Waals surface area contributed by atoms with E-state index in [2.05, 4.69) is 39.0 Å². The highest BCUT2D eigenvalue weighted by Gasteiger charge is 2.24. The number of piperidine rings is 1. The maximum Gasteiger partial charge on any atom is 0.354 e. The van der Waals surface area contributed by atoms with Gasteiger partial charge >= 0.3 is 5.97 Å². The second-order valence-electron chi connectivity index (χ2n) is 6.33. The molecule has 1 aliphatic heterocycles. The predicted octanol–water partition coefficient (Wildman–Crippen LogP) is 2.88. The number of hydrogen-bond donors (Lipinski definition) is 1. The summed E-state index contributed by atoms with van der Waals surface area (Å²) in [4.78, 5) is 19.7. The van der Waals surface area contributed by atoms with E-state index in [1.165, 1.54) is 5.56 Å². The SMILES string of the molecule is CN(c1ccnc(C(=O)O)c1)C1CCCN(Cc2ccccc2)C1. The largest absolute Gasteiger partial charge is 0.477 e. The first-order valence-electron chi connectivity index (χ1n) is 8.32. The minimum atomic E-state index is -0.986. The van der Waals surface area contributed by atoms with Crippen LogP contribution in [-0.2, 0) is 6.54 Å². The smallest absolute Gasteiger partial charge is 0.354 e. The summed E-state index contributed by atoms with van der Waals surface area (Å²) in [5.74, 6) is -0.986. The average Bonchev–Trinajstić information content (AvgIpc) is 2.62. The Kier molecular flexibility index (Phi) is 5.11. The van der Waals surface area contributed by atoms with Crippen molar-refractivity contribution in [3.63, 3.8) is 0 Å². The summed E-state index contributed by atoms with van der Waals surface area (Å²) in [7, 11) is 2.04. The summed E-state index contributed by atoms with van der Waals surface area (Å²) in [5.41, 5.74) is 2.34. The molecule has 2 heterocycles. The average molecular weight is 325 g/mol. The van der Waals surface area contributed by atoms with Gasteiger partial charge in [-0.3, -0.25) is 4.90 Å². The van der Waals surface area contributed by atoms with Gasteiger partial charge in [0.05, 0.1) is 0 Å². The number of pyridine rings is 1. The van der Waals surface area contributed by atoms with Crippen LogP contribution in [0.15, 0.2) is 48.7 Å². The van der Waals surface area contributed by atoms with Crippen molar-refractivity contribution >= 4 is 11.7 Å². The van der Waals surface area contributed by atoms with E-state index in [0.29, 0.717) is 6.04 Å². The number of hydrogen-bond acceptors (Lipinski definition) is 4. The summed E-state index contributed by atoms with van der Waals surface area (Å²) in [5, 5.41) is 9.12. The first-order chi connectivity index (χ1) is 11.6. The Bertz CT molecular complexity index is 690. The monoisotopic (exact) mass is 325 g/mol. The molecule has 3 rings (SSSR count). The van der Waals surface area contributed by atoms with Gasteiger partial charge in [-0.25, -0.2) is 9.78 Å². The Morgan fingerprint density at radius 3 is 2.88 bits per heavy atom. The number of anilines is 1. The summed E-state index contributed by atoms with van der Waals surface area (Å²) >= 11 is 0. The van der Waals surface area contributed by atoms with Crippen molar-refractivity contribution in [1.82, 2.24) is 9.88 Å². The lowest BCUT2D eigenvalue weighted by Gasteiger charge is -2.38. The molecule has 2 aromatic rings. The van der Waals surface area contributed by atoms with Crippen LogP contribution in [0.1, 0.15) is 28.9 Å². The minimum absolute atomic E-state index is 0.0938. The lowest BCUT2D eigenvalue weighted by Crippen LogP contribution is -2.46. The molecule has 0 amide bonds. The van der Waals surface area contributed by atoms with Crippen LogP contribution in [-0.4, -0.2) is 47.1 Å². The van der Waals surface area contributed by atoms with Gasteiger partial charge in [0.2, 0.25) is 0 Å². The topological polar surface area (TPSA) is 56.7 Å². The molecule has 1 N–H and O–H groups in total. The molecule has 5 heteroatoms. The minimum Gasteiger partial charge on any atom is -0.477 e. The number of carboxylic acids is 1. The summed E-state index contributed by atoms with van der Waals surface area (Å²) < 4.78 is 0. The van der Waals surface area contributed by atoms with E-state index >= 15 is 0 Å². The lowest BCUT2D eigenvalue weighted by molar-refractivity contribution is 0.0690. The van der Waals surface area contributed by atoms with Crippen molar-refractivity contribution in [3.8, 4) is 0 Å². The van der Waals surface area contributed by atoms with Crippen LogP contribution in [0.2, 0.25) is 0 Å². The molecule has 1 fully saturated rings. The maximum absolute atomic E-state index is 11.1. The van der Waals surface area contributed by atoms with Crippen molar-refractivity contribution in [2.24, 2.45) is 0 Å². The van der Waals surface area contributed by atoms with Crippen LogP contribution in [0.5, 0.6) is 0 Å². The zero-order valence-electron chi connectivity index (χ0n) is 13.9. The summed E-state index contributed by atoms with van der Waals surface area (Å²) in [6.45, 7) is 3.05. The quantitative estimate of drug-likeness (QED) is 0.916. The molecule has 0 bridgehead atoms. The van der Waals surface area contributed by atoms with Gasteiger partial charge < -0.3 is 10.0 Å². The molecule has 0 saturated carbocycles. The van der Waals surface area contributed by atoms with Crippen molar-refractivity contribution in [2.75, 3.05) is 25.0 Å². The third-order valence-electron chi connectivity index (χ3n) is 4.65. The van der Waals surface area contributed by atoms with E-state index in [0.717, 1.165) is 38.2 Å². The van der Waals surface area contributed by atoms with Crippen LogP contribution >= 0.6 is 0 Å². The van der Waals surface area contributed by atoms with Crippen LogP contribution in [0.4, 0.5) is 5.69 Å². The molecule has 1 aromatic heterocycles. The van der Waals surface area contributed by atoms with Gasteiger partial charge in [-0.15, -0.1) is 0 Å². The second-order valence-corrected chi connectivity index (χ2v) is 6.33. The summed E-state index contributed by atoms with van der Waals surface area (Å²) in [6, 6.07) is 14.4. The van der Waals surface area contributed by atoms with E-state index in [-0.39, 0.29) is 5.69 Å². The molecule has 0 spiro atoms. The van der Waals surface area contributed by atoms with Gasteiger partial charge in [0.15, 0.2) is 0 Å². The van der Waals surface area contributed by atoms with Gasteiger partial charge in [0, 0.05) is 38.1 Å². The van der Waals surface area contributed by atoms with Gasteiger partial charge in [-0.05, 0) is 37.1 Å². The van der Waals surface area contributed by atoms with E-state index < -0.39 is 5.97 Å². The van der Waals surface area contributed by atoms with E-state index in [1.54, 1.807) is 12.3 Å². The molecule has 0 aliphatic carbocycles. The highest BCUT2D eigenvalue weighted by molar-refractivity contribution is 5.86. The third-order valence-corrected chi connectivity index (χ3v) is 4.65. The third kappa shape index (κ3) is 3.92. The molecule has 0 radical (unpaired) electrons. The molecule has 1 unspecified atom stereocenters. The van der Waals surface area contributed by atoms with Gasteiger partial charge in [-0.1, -0.05) is 30.3 Å². The Morgan fingerprint density at radius 2 is 2.12 bits per heavy atom. The fraction of sp³-hybridized carbons (Fsp3) is 0.368.